The van der Waals surface area contributed by atoms with E-state index in [0.29, 0.717) is 12.3 Å². The first kappa shape index (κ1) is 13.7. The van der Waals surface area contributed by atoms with Crippen molar-refractivity contribution in [2.45, 2.75) is 57.5 Å². The van der Waals surface area contributed by atoms with E-state index >= 15 is 0 Å². The normalized spacial score (nSPS) is 21.6. The number of carbonyl (C=O) groups is 1. The number of nitrogens with zero attached hydrogens (tertiary/aromatic N) is 2. The molecule has 0 spiro atoms. The number of fused-ring (bicyclic) bond motifs is 1. The maximum Gasteiger partial charge on any atom is 0.166 e. The number of carbonyl (C=O) groups excluding carboxylic acids is 1. The first-order valence-corrected chi connectivity index (χ1v) is 7.71. The topological polar surface area (TPSA) is 52.1 Å². The van der Waals surface area contributed by atoms with Crippen molar-refractivity contribution in [2.75, 3.05) is 7.11 Å². The van der Waals surface area contributed by atoms with E-state index in [1.165, 1.54) is 32.1 Å². The summed E-state index contributed by atoms with van der Waals surface area (Å²) in [5.74, 6) is 1.48. The Morgan fingerprint density at radius 2 is 2.00 bits per heavy atom. The second-order valence-electron chi connectivity index (χ2n) is 5.92. The average Bonchev–Trinajstić information content (AvgIpc) is 2.49. The number of ketones is 1. The second kappa shape index (κ2) is 6.00. The van der Waals surface area contributed by atoms with Gasteiger partial charge in [-0.05, 0) is 31.6 Å². The highest BCUT2D eigenvalue weighted by molar-refractivity contribution is 5.97. The number of hydrogen-bond acceptors (Lipinski definition) is 4. The fourth-order valence-corrected chi connectivity index (χ4v) is 3.49. The van der Waals surface area contributed by atoms with Crippen molar-refractivity contribution in [3.63, 3.8) is 0 Å². The van der Waals surface area contributed by atoms with Gasteiger partial charge in [0.15, 0.2) is 11.6 Å². The van der Waals surface area contributed by atoms with Gasteiger partial charge in [-0.25, -0.2) is 9.97 Å². The van der Waals surface area contributed by atoms with Gasteiger partial charge < -0.3 is 4.74 Å². The van der Waals surface area contributed by atoms with E-state index in [-0.39, 0.29) is 11.9 Å². The van der Waals surface area contributed by atoms with Gasteiger partial charge in [-0.3, -0.25) is 4.79 Å². The van der Waals surface area contributed by atoms with Crippen molar-refractivity contribution in [1.29, 1.82) is 0 Å². The molecule has 1 fully saturated rings. The summed E-state index contributed by atoms with van der Waals surface area (Å²) in [5.41, 5.74) is 1.64. The highest BCUT2D eigenvalue weighted by atomic mass is 16.5. The van der Waals surface area contributed by atoms with Crippen LogP contribution < -0.4 is 0 Å². The molecule has 1 atom stereocenters. The monoisotopic (exact) mass is 274 g/mol. The zero-order valence-electron chi connectivity index (χ0n) is 12.1. The van der Waals surface area contributed by atoms with Gasteiger partial charge in [0.25, 0.3) is 0 Å². The summed E-state index contributed by atoms with van der Waals surface area (Å²) >= 11 is 0. The van der Waals surface area contributed by atoms with Gasteiger partial charge in [-0.2, -0.15) is 0 Å². The summed E-state index contributed by atoms with van der Waals surface area (Å²) in [6.07, 6.45) is 10.4. The van der Waals surface area contributed by atoms with Crippen LogP contribution in [0.25, 0.3) is 0 Å². The lowest BCUT2D eigenvalue weighted by Crippen LogP contribution is -2.22. The lowest BCUT2D eigenvalue weighted by Gasteiger charge is -2.28. The maximum absolute atomic E-state index is 11.8. The Kier molecular flexibility index (Phi) is 4.10. The van der Waals surface area contributed by atoms with Crippen LogP contribution in [0, 0.1) is 5.92 Å². The maximum atomic E-state index is 11.8. The summed E-state index contributed by atoms with van der Waals surface area (Å²) in [6.45, 7) is 0. The highest BCUT2D eigenvalue weighted by Crippen LogP contribution is 2.35. The SMILES string of the molecule is COC(c1ncc2c(n1)CCCC2=O)C1CCCCC1. The Morgan fingerprint density at radius 3 is 2.75 bits per heavy atom. The molecular weight excluding hydrogens is 252 g/mol. The highest BCUT2D eigenvalue weighted by Gasteiger charge is 2.28. The molecule has 2 aliphatic carbocycles. The largest absolute Gasteiger partial charge is 0.373 e. The quantitative estimate of drug-likeness (QED) is 0.849. The molecule has 4 nitrogen and oxygen atoms in total. The van der Waals surface area contributed by atoms with Gasteiger partial charge in [-0.15, -0.1) is 0 Å². The number of methoxy groups -OCH3 is 1. The van der Waals surface area contributed by atoms with Gasteiger partial charge in [0.05, 0.1) is 11.3 Å². The van der Waals surface area contributed by atoms with Gasteiger partial charge in [0.2, 0.25) is 0 Å². The number of aromatic nitrogens is 2. The van der Waals surface area contributed by atoms with Crippen molar-refractivity contribution in [3.05, 3.63) is 23.3 Å². The van der Waals surface area contributed by atoms with E-state index in [4.69, 9.17) is 4.74 Å². The lowest BCUT2D eigenvalue weighted by atomic mass is 9.84. The molecule has 1 unspecified atom stereocenters. The Balaban J connectivity index is 1.86. The van der Waals surface area contributed by atoms with Crippen molar-refractivity contribution in [2.24, 2.45) is 5.92 Å². The van der Waals surface area contributed by atoms with Crippen LogP contribution in [0.3, 0.4) is 0 Å². The Hall–Kier alpha value is -1.29. The molecule has 4 heteroatoms. The van der Waals surface area contributed by atoms with E-state index in [9.17, 15) is 4.79 Å². The number of rotatable bonds is 3. The third-order valence-electron chi connectivity index (χ3n) is 4.59. The minimum Gasteiger partial charge on any atom is -0.373 e. The molecule has 0 bridgehead atoms. The van der Waals surface area contributed by atoms with Crippen LogP contribution >= 0.6 is 0 Å². The third kappa shape index (κ3) is 2.62. The smallest absolute Gasteiger partial charge is 0.166 e. The van der Waals surface area contributed by atoms with Gasteiger partial charge in [-0.1, -0.05) is 19.3 Å². The molecule has 108 valence electrons. The van der Waals surface area contributed by atoms with Crippen LogP contribution in [0.5, 0.6) is 0 Å². The number of aryl methyl sites for hydroxylation is 1. The molecular formula is C16H22N2O2. The fraction of sp³-hybridized carbons (Fsp3) is 0.688. The Morgan fingerprint density at radius 1 is 1.20 bits per heavy atom. The average molecular weight is 274 g/mol. The summed E-state index contributed by atoms with van der Waals surface area (Å²) in [4.78, 5) is 20.9. The molecule has 0 aromatic carbocycles. The zero-order valence-corrected chi connectivity index (χ0v) is 12.1. The fourth-order valence-electron chi connectivity index (χ4n) is 3.49. The van der Waals surface area contributed by atoms with Crippen molar-refractivity contribution in [3.8, 4) is 0 Å². The summed E-state index contributed by atoms with van der Waals surface area (Å²) in [6, 6.07) is 0. The number of ether oxygens (including phenoxy) is 1. The van der Waals surface area contributed by atoms with Crippen LogP contribution in [-0.2, 0) is 11.2 Å². The molecule has 1 aromatic heterocycles. The van der Waals surface area contributed by atoms with Crippen molar-refractivity contribution >= 4 is 5.78 Å². The first-order valence-electron chi connectivity index (χ1n) is 7.71. The van der Waals surface area contributed by atoms with Gasteiger partial charge >= 0.3 is 0 Å². The van der Waals surface area contributed by atoms with E-state index in [2.05, 4.69) is 9.97 Å². The molecule has 20 heavy (non-hydrogen) atoms. The van der Waals surface area contributed by atoms with E-state index < -0.39 is 0 Å². The van der Waals surface area contributed by atoms with Crippen molar-refractivity contribution in [1.82, 2.24) is 9.97 Å². The van der Waals surface area contributed by atoms with Crippen LogP contribution in [-0.4, -0.2) is 22.9 Å². The Bertz CT molecular complexity index is 495. The summed E-state index contributed by atoms with van der Waals surface area (Å²) in [5, 5.41) is 0. The summed E-state index contributed by atoms with van der Waals surface area (Å²) < 4.78 is 5.68. The molecule has 1 heterocycles. The van der Waals surface area contributed by atoms with E-state index in [1.54, 1.807) is 13.3 Å². The predicted molar refractivity (Wildman–Crippen MR) is 75.6 cm³/mol. The first-order chi connectivity index (χ1) is 9.79. The number of hydrogen-bond donors (Lipinski definition) is 0. The minimum atomic E-state index is -0.0161. The van der Waals surface area contributed by atoms with E-state index in [1.807, 2.05) is 0 Å². The van der Waals surface area contributed by atoms with Crippen LogP contribution in [0.15, 0.2) is 6.20 Å². The van der Waals surface area contributed by atoms with E-state index in [0.717, 1.165) is 29.9 Å². The second-order valence-corrected chi connectivity index (χ2v) is 5.92. The van der Waals surface area contributed by atoms with Crippen LogP contribution in [0.2, 0.25) is 0 Å². The van der Waals surface area contributed by atoms with Crippen molar-refractivity contribution < 1.29 is 9.53 Å². The number of Topliss-reactive ketones (excluding diaryl/α,β-unsaturated/α-hetero) is 1. The van der Waals surface area contributed by atoms with Gasteiger partial charge in [0, 0.05) is 19.7 Å². The van der Waals surface area contributed by atoms with Crippen LogP contribution in [0.1, 0.15) is 72.9 Å². The standard InChI is InChI=1S/C16H22N2O2/c1-20-15(11-6-3-2-4-7-11)16-17-10-12-13(18-16)8-5-9-14(12)19/h10-11,15H,2-9H2,1H3. The van der Waals surface area contributed by atoms with Crippen LogP contribution in [0.4, 0.5) is 0 Å². The molecule has 2 aliphatic rings. The predicted octanol–water partition coefficient (Wildman–Crippen LogP) is 3.26. The Labute approximate surface area is 120 Å². The summed E-state index contributed by atoms with van der Waals surface area (Å²) in [7, 11) is 1.74. The molecule has 1 aromatic rings. The minimum absolute atomic E-state index is 0.0161. The third-order valence-corrected chi connectivity index (χ3v) is 4.59. The molecule has 3 rings (SSSR count). The molecule has 1 saturated carbocycles. The molecule has 0 amide bonds. The molecule has 0 radical (unpaired) electrons. The van der Waals surface area contributed by atoms with Gasteiger partial charge in [0.1, 0.15) is 6.10 Å². The lowest BCUT2D eigenvalue weighted by molar-refractivity contribution is 0.0286. The zero-order chi connectivity index (χ0) is 13.9. The molecule has 0 aliphatic heterocycles. The molecule has 0 saturated heterocycles. The molecule has 0 N–H and O–H groups in total.